The number of ether oxygens (including phenoxy) is 1. The van der Waals surface area contributed by atoms with Gasteiger partial charge in [-0.2, -0.15) is 0 Å². The van der Waals surface area contributed by atoms with Gasteiger partial charge in [0.25, 0.3) is 0 Å². The summed E-state index contributed by atoms with van der Waals surface area (Å²) < 4.78 is 5.53. The smallest absolute Gasteiger partial charge is 0.227 e. The molecule has 0 bridgehead atoms. The number of carbonyl (C=O) groups excluding carboxylic acids is 1. The molecular weight excluding hydrogens is 202 g/mol. The van der Waals surface area contributed by atoms with Gasteiger partial charge in [-0.05, 0) is 49.4 Å². The largest absolute Gasteiger partial charge is 0.493 e. The highest BCUT2D eigenvalue weighted by Crippen LogP contribution is 2.31. The van der Waals surface area contributed by atoms with Crippen LogP contribution in [-0.4, -0.2) is 12.5 Å². The van der Waals surface area contributed by atoms with Crippen molar-refractivity contribution in [1.82, 2.24) is 0 Å². The molecule has 84 valence electrons. The van der Waals surface area contributed by atoms with Crippen molar-refractivity contribution in [3.05, 3.63) is 23.8 Å². The van der Waals surface area contributed by atoms with E-state index in [-0.39, 0.29) is 11.8 Å². The molecule has 0 atom stereocenters. The number of anilines is 1. The molecule has 1 aromatic rings. The van der Waals surface area contributed by atoms with Gasteiger partial charge in [0.2, 0.25) is 5.91 Å². The number of aryl methyl sites for hydroxylation is 1. The molecule has 3 rings (SSSR count). The fourth-order valence-electron chi connectivity index (χ4n) is 2.03. The Morgan fingerprint density at radius 2 is 2.25 bits per heavy atom. The monoisotopic (exact) mass is 217 g/mol. The van der Waals surface area contributed by atoms with Gasteiger partial charge in [0.1, 0.15) is 5.75 Å². The lowest BCUT2D eigenvalue weighted by molar-refractivity contribution is -0.117. The molecule has 2 aliphatic rings. The predicted octanol–water partition coefficient (Wildman–Crippen LogP) is 2.36. The summed E-state index contributed by atoms with van der Waals surface area (Å²) >= 11 is 0. The van der Waals surface area contributed by atoms with Crippen molar-refractivity contribution in [2.45, 2.75) is 25.7 Å². The summed E-state index contributed by atoms with van der Waals surface area (Å²) in [6, 6.07) is 5.91. The summed E-state index contributed by atoms with van der Waals surface area (Å²) in [4.78, 5) is 11.6. The van der Waals surface area contributed by atoms with Gasteiger partial charge in [-0.25, -0.2) is 0 Å². The molecule has 1 heterocycles. The van der Waals surface area contributed by atoms with Gasteiger partial charge in [-0.15, -0.1) is 0 Å². The molecule has 1 aliphatic carbocycles. The Labute approximate surface area is 94.8 Å². The summed E-state index contributed by atoms with van der Waals surface area (Å²) in [6.45, 7) is 0.806. The van der Waals surface area contributed by atoms with E-state index in [0.29, 0.717) is 0 Å². The normalized spacial score (nSPS) is 18.5. The lowest BCUT2D eigenvalue weighted by Gasteiger charge is -2.18. The number of carbonyl (C=O) groups is 1. The zero-order valence-corrected chi connectivity index (χ0v) is 9.16. The molecule has 0 unspecified atom stereocenters. The van der Waals surface area contributed by atoms with Gasteiger partial charge in [0.05, 0.1) is 6.61 Å². The summed E-state index contributed by atoms with van der Waals surface area (Å²) in [5.74, 6) is 1.39. The molecule has 1 saturated carbocycles. The van der Waals surface area contributed by atoms with Crippen molar-refractivity contribution in [3.8, 4) is 5.75 Å². The van der Waals surface area contributed by atoms with Gasteiger partial charge < -0.3 is 10.1 Å². The molecule has 3 heteroatoms. The zero-order chi connectivity index (χ0) is 11.0. The van der Waals surface area contributed by atoms with E-state index in [1.807, 2.05) is 18.2 Å². The Kier molecular flexibility index (Phi) is 2.31. The lowest BCUT2D eigenvalue weighted by atomic mass is 10.1. The number of amides is 1. The summed E-state index contributed by atoms with van der Waals surface area (Å²) in [6.07, 6.45) is 4.19. The minimum Gasteiger partial charge on any atom is -0.493 e. The van der Waals surface area contributed by atoms with E-state index in [4.69, 9.17) is 4.74 Å². The first-order valence-corrected chi connectivity index (χ1v) is 5.89. The fraction of sp³-hybridized carbons (Fsp3) is 0.462. The molecule has 1 amide bonds. The molecule has 1 N–H and O–H groups in total. The highest BCUT2D eigenvalue weighted by Gasteiger charge is 2.29. The van der Waals surface area contributed by atoms with Crippen LogP contribution >= 0.6 is 0 Å². The van der Waals surface area contributed by atoms with Gasteiger partial charge >= 0.3 is 0 Å². The molecule has 3 nitrogen and oxygen atoms in total. The second-order valence-corrected chi connectivity index (χ2v) is 4.54. The van der Waals surface area contributed by atoms with E-state index < -0.39 is 0 Å². The van der Waals surface area contributed by atoms with Crippen molar-refractivity contribution >= 4 is 11.6 Å². The second-order valence-electron chi connectivity index (χ2n) is 4.54. The Balaban J connectivity index is 1.77. The van der Waals surface area contributed by atoms with Crippen LogP contribution in [0.25, 0.3) is 0 Å². The van der Waals surface area contributed by atoms with E-state index in [2.05, 4.69) is 5.32 Å². The van der Waals surface area contributed by atoms with E-state index in [1.54, 1.807) is 0 Å². The molecule has 1 aliphatic heterocycles. The van der Waals surface area contributed by atoms with Crippen molar-refractivity contribution in [1.29, 1.82) is 0 Å². The predicted molar refractivity (Wildman–Crippen MR) is 61.6 cm³/mol. The molecule has 1 aromatic carbocycles. The number of benzene rings is 1. The van der Waals surface area contributed by atoms with Crippen LogP contribution in [0.3, 0.4) is 0 Å². The van der Waals surface area contributed by atoms with E-state index in [9.17, 15) is 4.79 Å². The highest BCUT2D eigenvalue weighted by molar-refractivity contribution is 5.94. The Morgan fingerprint density at radius 1 is 1.38 bits per heavy atom. The van der Waals surface area contributed by atoms with Crippen LogP contribution in [0, 0.1) is 5.92 Å². The zero-order valence-electron chi connectivity index (χ0n) is 9.16. The first-order valence-electron chi connectivity index (χ1n) is 5.89. The maximum absolute atomic E-state index is 11.6. The first kappa shape index (κ1) is 9.70. The van der Waals surface area contributed by atoms with Crippen molar-refractivity contribution in [3.63, 3.8) is 0 Å². The molecule has 16 heavy (non-hydrogen) atoms. The highest BCUT2D eigenvalue weighted by atomic mass is 16.5. The maximum atomic E-state index is 11.6. The maximum Gasteiger partial charge on any atom is 0.227 e. The van der Waals surface area contributed by atoms with Crippen LogP contribution in [0.4, 0.5) is 5.69 Å². The van der Waals surface area contributed by atoms with Gasteiger partial charge in [0.15, 0.2) is 0 Å². The van der Waals surface area contributed by atoms with Crippen LogP contribution in [0.15, 0.2) is 18.2 Å². The Bertz CT molecular complexity index is 424. The first-order chi connectivity index (χ1) is 7.83. The average molecular weight is 217 g/mol. The minimum atomic E-state index is 0.164. The van der Waals surface area contributed by atoms with E-state index in [0.717, 1.165) is 43.7 Å². The third kappa shape index (κ3) is 1.90. The summed E-state index contributed by atoms with van der Waals surface area (Å²) in [5.41, 5.74) is 2.11. The molecule has 0 aromatic heterocycles. The topological polar surface area (TPSA) is 38.3 Å². The number of nitrogens with one attached hydrogen (secondary N) is 1. The van der Waals surface area contributed by atoms with Crippen LogP contribution in [0.1, 0.15) is 24.8 Å². The second kappa shape index (κ2) is 3.81. The SMILES string of the molecule is O=C(Nc1ccc2c(c1)CCCO2)C1CC1. The molecule has 0 spiro atoms. The summed E-state index contributed by atoms with van der Waals surface area (Å²) in [7, 11) is 0. The van der Waals surface area contributed by atoms with Crippen LogP contribution in [0.2, 0.25) is 0 Å². The number of fused-ring (bicyclic) bond motifs is 1. The summed E-state index contributed by atoms with van der Waals surface area (Å²) in [5, 5.41) is 2.96. The number of hydrogen-bond acceptors (Lipinski definition) is 2. The van der Waals surface area contributed by atoms with Gasteiger partial charge in [0, 0.05) is 11.6 Å². The van der Waals surface area contributed by atoms with Crippen LogP contribution in [-0.2, 0) is 11.2 Å². The van der Waals surface area contributed by atoms with Crippen LogP contribution < -0.4 is 10.1 Å². The molecular formula is C13H15NO2. The van der Waals surface area contributed by atoms with Crippen LogP contribution in [0.5, 0.6) is 5.75 Å². The minimum absolute atomic E-state index is 0.164. The van der Waals surface area contributed by atoms with E-state index in [1.165, 1.54) is 5.56 Å². The van der Waals surface area contributed by atoms with Crippen molar-refractivity contribution in [2.24, 2.45) is 5.92 Å². The fourth-order valence-corrected chi connectivity index (χ4v) is 2.03. The van der Waals surface area contributed by atoms with Crippen molar-refractivity contribution in [2.75, 3.05) is 11.9 Å². The number of rotatable bonds is 2. The van der Waals surface area contributed by atoms with E-state index >= 15 is 0 Å². The standard InChI is InChI=1S/C13H15NO2/c15-13(9-3-4-9)14-11-5-6-12-10(8-11)2-1-7-16-12/h5-6,8-9H,1-4,7H2,(H,14,15). The molecule has 1 fully saturated rings. The Hall–Kier alpha value is -1.51. The van der Waals surface area contributed by atoms with Gasteiger partial charge in [-0.1, -0.05) is 0 Å². The van der Waals surface area contributed by atoms with Gasteiger partial charge in [-0.3, -0.25) is 4.79 Å². The number of hydrogen-bond donors (Lipinski definition) is 1. The lowest BCUT2D eigenvalue weighted by Crippen LogP contribution is -2.14. The molecule has 0 radical (unpaired) electrons. The third-order valence-electron chi connectivity index (χ3n) is 3.12. The average Bonchev–Trinajstić information content (AvgIpc) is 3.12. The third-order valence-corrected chi connectivity index (χ3v) is 3.12. The van der Waals surface area contributed by atoms with Crippen molar-refractivity contribution < 1.29 is 9.53 Å². The Morgan fingerprint density at radius 3 is 3.06 bits per heavy atom. The quantitative estimate of drug-likeness (QED) is 0.825. The molecule has 0 saturated heterocycles.